The molecule has 0 aliphatic heterocycles. The van der Waals surface area contributed by atoms with Crippen LogP contribution in [0.3, 0.4) is 0 Å². The second-order valence-corrected chi connectivity index (χ2v) is 7.93. The van der Waals surface area contributed by atoms with E-state index in [-0.39, 0.29) is 21.3 Å². The van der Waals surface area contributed by atoms with Crippen molar-refractivity contribution in [1.82, 2.24) is 0 Å². The molecule has 0 spiro atoms. The molecule has 0 unspecified atom stereocenters. The summed E-state index contributed by atoms with van der Waals surface area (Å²) >= 11 is 5.77. The van der Waals surface area contributed by atoms with E-state index in [1.54, 1.807) is 12.1 Å². The molecule has 2 aromatic rings. The van der Waals surface area contributed by atoms with Gasteiger partial charge in [-0.25, -0.2) is 18.4 Å². The van der Waals surface area contributed by atoms with E-state index in [0.29, 0.717) is 5.56 Å². The van der Waals surface area contributed by atoms with Gasteiger partial charge in [-0.05, 0) is 36.6 Å². The molecule has 2 N–H and O–H groups in total. The van der Waals surface area contributed by atoms with Gasteiger partial charge in [-0.1, -0.05) is 49.2 Å². The van der Waals surface area contributed by atoms with Crippen molar-refractivity contribution in [3.63, 3.8) is 0 Å². The van der Waals surface area contributed by atoms with Crippen LogP contribution in [0.1, 0.15) is 46.0 Å². The number of carbonyl (C=O) groups excluding carboxylic acids is 2. The summed E-state index contributed by atoms with van der Waals surface area (Å²) in [5.74, 6) is -1.20. The number of aryl methyl sites for hydroxylation is 1. The fourth-order valence-electron chi connectivity index (χ4n) is 2.38. The first-order valence-corrected chi connectivity index (χ1v) is 10.3. The van der Waals surface area contributed by atoms with Crippen molar-refractivity contribution >= 4 is 33.4 Å². The Labute approximate surface area is 163 Å². The van der Waals surface area contributed by atoms with E-state index >= 15 is 0 Å². The first-order valence-electron chi connectivity index (χ1n) is 8.34. The number of hydrogen-bond donors (Lipinski definition) is 1. The van der Waals surface area contributed by atoms with Gasteiger partial charge < -0.3 is 4.74 Å². The fraction of sp³-hybridized carbons (Fsp3) is 0.263. The maximum Gasteiger partial charge on any atom is 0.338 e. The zero-order chi connectivity index (χ0) is 20.0. The number of ether oxygens (including phenoxy) is 1. The maximum atomic E-state index is 12.2. The number of primary sulfonamides is 1. The van der Waals surface area contributed by atoms with Gasteiger partial charge in [-0.2, -0.15) is 0 Å². The number of carbonyl (C=O) groups is 2. The minimum atomic E-state index is -4.08. The summed E-state index contributed by atoms with van der Waals surface area (Å²) < 4.78 is 27.9. The third-order valence-corrected chi connectivity index (χ3v) is 5.30. The summed E-state index contributed by atoms with van der Waals surface area (Å²) in [7, 11) is -4.08. The normalized spacial score (nSPS) is 11.2. The van der Waals surface area contributed by atoms with E-state index in [9.17, 15) is 18.0 Å². The number of nitrogens with two attached hydrogens (primary N) is 1. The van der Waals surface area contributed by atoms with Crippen LogP contribution in [0.25, 0.3) is 0 Å². The molecule has 0 bridgehead atoms. The highest BCUT2D eigenvalue weighted by molar-refractivity contribution is 7.89. The fourth-order valence-corrected chi connectivity index (χ4v) is 3.46. The Hall–Kier alpha value is -2.22. The SMILES string of the molecule is CCCCc1ccc(C(=O)COC(=O)c2ccc(Cl)c(S(N)(=O)=O)c2)cc1. The molecular formula is C19H20ClNO5S. The number of Topliss-reactive ketones (excluding diaryl/α,β-unsaturated/α-hetero) is 1. The molecule has 27 heavy (non-hydrogen) atoms. The zero-order valence-electron chi connectivity index (χ0n) is 14.8. The molecule has 0 radical (unpaired) electrons. The molecule has 0 amide bonds. The lowest BCUT2D eigenvalue weighted by atomic mass is 10.0. The molecule has 8 heteroatoms. The summed E-state index contributed by atoms with van der Waals surface area (Å²) in [5, 5.41) is 4.95. The van der Waals surface area contributed by atoms with Crippen LogP contribution < -0.4 is 5.14 Å². The van der Waals surface area contributed by atoms with Gasteiger partial charge in [0.25, 0.3) is 0 Å². The molecule has 0 fully saturated rings. The highest BCUT2D eigenvalue weighted by atomic mass is 35.5. The van der Waals surface area contributed by atoms with Gasteiger partial charge in [-0.3, -0.25) is 4.79 Å². The molecule has 0 saturated carbocycles. The minimum Gasteiger partial charge on any atom is -0.454 e. The largest absolute Gasteiger partial charge is 0.454 e. The number of esters is 1. The highest BCUT2D eigenvalue weighted by Gasteiger charge is 2.18. The first-order chi connectivity index (χ1) is 12.7. The van der Waals surface area contributed by atoms with Gasteiger partial charge in [0.15, 0.2) is 12.4 Å². The number of benzene rings is 2. The number of halogens is 1. The van der Waals surface area contributed by atoms with Gasteiger partial charge in [0.1, 0.15) is 4.90 Å². The van der Waals surface area contributed by atoms with Crippen LogP contribution >= 0.6 is 11.6 Å². The summed E-state index contributed by atoms with van der Waals surface area (Å²) in [4.78, 5) is 23.9. The van der Waals surface area contributed by atoms with Gasteiger partial charge >= 0.3 is 5.97 Å². The van der Waals surface area contributed by atoms with Crippen molar-refractivity contribution in [3.8, 4) is 0 Å². The van der Waals surface area contributed by atoms with Crippen LogP contribution in [-0.2, 0) is 21.2 Å². The third-order valence-electron chi connectivity index (χ3n) is 3.90. The molecule has 0 atom stereocenters. The van der Waals surface area contributed by atoms with Crippen LogP contribution in [0.15, 0.2) is 47.4 Å². The number of hydrogen-bond acceptors (Lipinski definition) is 5. The lowest BCUT2D eigenvalue weighted by molar-refractivity contribution is 0.0474. The Morgan fingerprint density at radius 1 is 1.07 bits per heavy atom. The molecule has 0 aliphatic carbocycles. The van der Waals surface area contributed by atoms with Crippen LogP contribution in [0.2, 0.25) is 5.02 Å². The van der Waals surface area contributed by atoms with Crippen molar-refractivity contribution in [3.05, 3.63) is 64.2 Å². The van der Waals surface area contributed by atoms with E-state index in [1.165, 1.54) is 12.1 Å². The molecule has 144 valence electrons. The van der Waals surface area contributed by atoms with Crippen LogP contribution in [0.5, 0.6) is 0 Å². The van der Waals surface area contributed by atoms with Gasteiger partial charge in [0.05, 0.1) is 10.6 Å². The first kappa shape index (κ1) is 21.1. The van der Waals surface area contributed by atoms with E-state index in [0.717, 1.165) is 30.9 Å². The molecule has 0 heterocycles. The van der Waals surface area contributed by atoms with Crippen molar-refractivity contribution in [2.45, 2.75) is 31.1 Å². The zero-order valence-corrected chi connectivity index (χ0v) is 16.3. The second-order valence-electron chi connectivity index (χ2n) is 5.99. The van der Waals surface area contributed by atoms with Crippen molar-refractivity contribution in [2.24, 2.45) is 5.14 Å². The topological polar surface area (TPSA) is 104 Å². The van der Waals surface area contributed by atoms with Crippen molar-refractivity contribution < 1.29 is 22.7 Å². The lowest BCUT2D eigenvalue weighted by Crippen LogP contribution is -2.16. The summed E-state index contributed by atoms with van der Waals surface area (Å²) in [5.41, 5.74) is 1.51. The Kier molecular flexibility index (Phi) is 7.12. The average Bonchev–Trinajstić information content (AvgIpc) is 2.64. The smallest absolute Gasteiger partial charge is 0.338 e. The monoisotopic (exact) mass is 409 g/mol. The second kappa shape index (κ2) is 9.12. The Morgan fingerprint density at radius 2 is 1.70 bits per heavy atom. The van der Waals surface area contributed by atoms with Gasteiger partial charge in [-0.15, -0.1) is 0 Å². The third kappa shape index (κ3) is 5.89. The predicted octanol–water partition coefficient (Wildman–Crippen LogP) is 3.37. The Balaban J connectivity index is 2.02. The molecule has 0 aromatic heterocycles. The predicted molar refractivity (Wildman–Crippen MR) is 102 cm³/mol. The molecule has 0 saturated heterocycles. The number of ketones is 1. The number of sulfonamides is 1. The van der Waals surface area contributed by atoms with Crippen LogP contribution in [0, 0.1) is 0 Å². The molecule has 6 nitrogen and oxygen atoms in total. The quantitative estimate of drug-likeness (QED) is 0.531. The number of rotatable bonds is 8. The van der Waals surface area contributed by atoms with E-state index < -0.39 is 22.6 Å². The van der Waals surface area contributed by atoms with E-state index in [2.05, 4.69) is 6.92 Å². The number of unbranched alkanes of at least 4 members (excludes halogenated alkanes) is 1. The molecule has 2 aromatic carbocycles. The van der Waals surface area contributed by atoms with Crippen molar-refractivity contribution in [1.29, 1.82) is 0 Å². The maximum absolute atomic E-state index is 12.2. The lowest BCUT2D eigenvalue weighted by Gasteiger charge is -2.07. The highest BCUT2D eigenvalue weighted by Crippen LogP contribution is 2.22. The molecule has 0 aliphatic rings. The standard InChI is InChI=1S/C19H20ClNO5S/c1-2-3-4-13-5-7-14(8-6-13)17(22)12-26-19(23)15-9-10-16(20)18(11-15)27(21,24)25/h5-11H,2-4,12H2,1H3,(H2,21,24,25). The van der Waals surface area contributed by atoms with E-state index in [4.69, 9.17) is 21.5 Å². The minimum absolute atomic E-state index is 0.0638. The van der Waals surface area contributed by atoms with Gasteiger partial charge in [0.2, 0.25) is 10.0 Å². The summed E-state index contributed by atoms with van der Waals surface area (Å²) in [6.07, 6.45) is 3.11. The van der Waals surface area contributed by atoms with Crippen molar-refractivity contribution in [2.75, 3.05) is 6.61 Å². The summed E-state index contributed by atoms with van der Waals surface area (Å²) in [6.45, 7) is 1.65. The van der Waals surface area contributed by atoms with E-state index in [1.807, 2.05) is 12.1 Å². The van der Waals surface area contributed by atoms with Crippen LogP contribution in [0.4, 0.5) is 0 Å². The molecular weight excluding hydrogens is 390 g/mol. The van der Waals surface area contributed by atoms with Gasteiger partial charge in [0, 0.05) is 5.56 Å². The summed E-state index contributed by atoms with van der Waals surface area (Å²) in [6, 6.07) is 10.7. The Morgan fingerprint density at radius 3 is 2.30 bits per heavy atom. The average molecular weight is 410 g/mol. The Bertz CT molecular complexity index is 939. The van der Waals surface area contributed by atoms with Crippen LogP contribution in [-0.4, -0.2) is 26.8 Å². The molecule has 2 rings (SSSR count).